The predicted octanol–water partition coefficient (Wildman–Crippen LogP) is 4.54. The molecule has 3 atom stereocenters. The highest BCUT2D eigenvalue weighted by Crippen LogP contribution is 2.49. The summed E-state index contributed by atoms with van der Waals surface area (Å²) in [5.41, 5.74) is 3.19. The third-order valence-corrected chi connectivity index (χ3v) is 9.23. The zero-order valence-corrected chi connectivity index (χ0v) is 22.1. The van der Waals surface area contributed by atoms with E-state index in [0.29, 0.717) is 6.42 Å². The van der Waals surface area contributed by atoms with Crippen molar-refractivity contribution in [2.45, 2.75) is 74.1 Å². The first kappa shape index (κ1) is 25.9. The molecule has 1 aliphatic heterocycles. The zero-order chi connectivity index (χ0) is 25.9. The Morgan fingerprint density at radius 2 is 1.70 bits per heavy atom. The summed E-state index contributed by atoms with van der Waals surface area (Å²) < 4.78 is 35.5. The number of ether oxygens (including phenoxy) is 1. The van der Waals surface area contributed by atoms with Gasteiger partial charge in [-0.2, -0.15) is 0 Å². The van der Waals surface area contributed by atoms with Crippen molar-refractivity contribution >= 4 is 10.0 Å². The normalized spacial score (nSPS) is 19.9. The number of benzene rings is 3. The molecule has 3 N–H and O–H groups in total. The Morgan fingerprint density at radius 3 is 2.35 bits per heavy atom. The molecule has 37 heavy (non-hydrogen) atoms. The quantitative estimate of drug-likeness (QED) is 0.366. The molecule has 1 aliphatic carbocycles. The maximum Gasteiger partial charge on any atom is 0.240 e. The highest BCUT2D eigenvalue weighted by atomic mass is 32.2. The average molecular weight is 521 g/mol. The summed E-state index contributed by atoms with van der Waals surface area (Å²) >= 11 is 0. The number of aliphatic hydroxyl groups excluding tert-OH is 1. The van der Waals surface area contributed by atoms with Crippen LogP contribution in [0.15, 0.2) is 83.8 Å². The van der Waals surface area contributed by atoms with E-state index >= 15 is 0 Å². The maximum atomic E-state index is 13.1. The van der Waals surface area contributed by atoms with Crippen molar-refractivity contribution in [2.24, 2.45) is 0 Å². The Balaban J connectivity index is 1.35. The maximum absolute atomic E-state index is 13.1. The van der Waals surface area contributed by atoms with Gasteiger partial charge in [-0.25, -0.2) is 13.1 Å². The number of fused-ring (bicyclic) bond motifs is 1. The summed E-state index contributed by atoms with van der Waals surface area (Å²) in [5.74, 6) is 0.917. The number of hydrogen-bond acceptors (Lipinski definition) is 5. The lowest BCUT2D eigenvalue weighted by atomic mass is 9.72. The highest BCUT2D eigenvalue weighted by molar-refractivity contribution is 7.89. The first-order chi connectivity index (χ1) is 17.9. The minimum atomic E-state index is -3.80. The number of aryl methyl sites for hydroxylation is 1. The molecule has 1 saturated carbocycles. The summed E-state index contributed by atoms with van der Waals surface area (Å²) in [4.78, 5) is 0.186. The van der Waals surface area contributed by atoms with E-state index in [1.807, 2.05) is 30.3 Å². The van der Waals surface area contributed by atoms with Gasteiger partial charge >= 0.3 is 0 Å². The Hall–Kier alpha value is -2.71. The van der Waals surface area contributed by atoms with Gasteiger partial charge in [0.05, 0.1) is 17.0 Å². The Labute approximate surface area is 220 Å². The first-order valence-electron chi connectivity index (χ1n) is 13.2. The molecular formula is C30H36N2O4S. The molecule has 3 aromatic rings. The van der Waals surface area contributed by atoms with Gasteiger partial charge in [0.1, 0.15) is 11.4 Å². The molecule has 1 spiro atoms. The molecule has 0 radical (unpaired) electrons. The third-order valence-electron chi connectivity index (χ3n) is 7.72. The Kier molecular flexibility index (Phi) is 7.67. The van der Waals surface area contributed by atoms with Crippen LogP contribution in [0.25, 0.3) is 0 Å². The van der Waals surface area contributed by atoms with Crippen LogP contribution >= 0.6 is 0 Å². The first-order valence-corrected chi connectivity index (χ1v) is 14.7. The lowest BCUT2D eigenvalue weighted by Gasteiger charge is -2.48. The van der Waals surface area contributed by atoms with Crippen molar-refractivity contribution in [3.63, 3.8) is 0 Å². The Bertz CT molecular complexity index is 1290. The molecule has 0 saturated heterocycles. The summed E-state index contributed by atoms with van der Waals surface area (Å²) in [6.45, 7) is 2.39. The lowest BCUT2D eigenvalue weighted by molar-refractivity contribution is -0.0381. The molecule has 0 amide bonds. The summed E-state index contributed by atoms with van der Waals surface area (Å²) in [6.07, 6.45) is 4.47. The Morgan fingerprint density at radius 1 is 1.00 bits per heavy atom. The standard InChI is InChI=1S/C30H36N2O4S/c1-2-22-14-15-29-25(18-22)27(20-30(36-29)16-9-17-30)31-21-28(33)26(19-23-10-5-3-6-11-23)32-37(34,35)24-12-7-4-8-13-24/h3-8,10-15,18,26-28,31-33H,2,9,16-17,19-21H2,1H3/t26-,27-,28+/m0/s1. The molecule has 0 bridgehead atoms. The zero-order valence-electron chi connectivity index (χ0n) is 21.3. The minimum Gasteiger partial charge on any atom is -0.487 e. The molecule has 7 heteroatoms. The van der Waals surface area contributed by atoms with Crippen LogP contribution in [0.4, 0.5) is 0 Å². The van der Waals surface area contributed by atoms with Crippen LogP contribution in [-0.2, 0) is 22.9 Å². The number of sulfonamides is 1. The lowest BCUT2D eigenvalue weighted by Crippen LogP contribution is -2.52. The number of hydrogen-bond donors (Lipinski definition) is 3. The van der Waals surface area contributed by atoms with E-state index in [4.69, 9.17) is 4.74 Å². The number of aliphatic hydroxyl groups is 1. The molecule has 1 heterocycles. The van der Waals surface area contributed by atoms with Crippen molar-refractivity contribution in [1.29, 1.82) is 0 Å². The molecule has 2 aliphatic rings. The van der Waals surface area contributed by atoms with Crippen LogP contribution in [0.2, 0.25) is 0 Å². The van der Waals surface area contributed by atoms with Crippen LogP contribution < -0.4 is 14.8 Å². The predicted molar refractivity (Wildman–Crippen MR) is 145 cm³/mol. The minimum absolute atomic E-state index is 0.0355. The van der Waals surface area contributed by atoms with E-state index in [9.17, 15) is 13.5 Å². The van der Waals surface area contributed by atoms with Crippen LogP contribution in [0.1, 0.15) is 55.3 Å². The van der Waals surface area contributed by atoms with E-state index in [-0.39, 0.29) is 23.1 Å². The second kappa shape index (κ2) is 11.0. The van der Waals surface area contributed by atoms with Crippen molar-refractivity contribution in [3.8, 4) is 5.75 Å². The fraction of sp³-hybridized carbons (Fsp3) is 0.400. The largest absolute Gasteiger partial charge is 0.487 e. The fourth-order valence-corrected chi connectivity index (χ4v) is 6.69. The molecule has 1 fully saturated rings. The van der Waals surface area contributed by atoms with E-state index < -0.39 is 22.2 Å². The van der Waals surface area contributed by atoms with Crippen LogP contribution in [-0.4, -0.2) is 37.8 Å². The van der Waals surface area contributed by atoms with Gasteiger partial charge in [0, 0.05) is 24.6 Å². The van der Waals surface area contributed by atoms with Crippen molar-refractivity contribution < 1.29 is 18.3 Å². The number of nitrogens with one attached hydrogen (secondary N) is 2. The molecule has 196 valence electrons. The molecule has 5 rings (SSSR count). The molecule has 6 nitrogen and oxygen atoms in total. The molecular weight excluding hydrogens is 484 g/mol. The van der Waals surface area contributed by atoms with Gasteiger partial charge in [0.25, 0.3) is 0 Å². The smallest absolute Gasteiger partial charge is 0.240 e. The second-order valence-electron chi connectivity index (χ2n) is 10.3. The van der Waals surface area contributed by atoms with E-state index in [1.54, 1.807) is 30.3 Å². The van der Waals surface area contributed by atoms with Crippen LogP contribution in [0, 0.1) is 0 Å². The van der Waals surface area contributed by atoms with E-state index in [1.165, 1.54) is 5.56 Å². The summed E-state index contributed by atoms with van der Waals surface area (Å²) in [7, 11) is -3.80. The van der Waals surface area contributed by atoms with Crippen molar-refractivity contribution in [1.82, 2.24) is 10.0 Å². The van der Waals surface area contributed by atoms with Crippen molar-refractivity contribution in [2.75, 3.05) is 6.54 Å². The summed E-state index contributed by atoms with van der Waals surface area (Å²) in [5, 5.41) is 14.9. The molecule has 0 aromatic heterocycles. The van der Waals surface area contributed by atoms with Crippen molar-refractivity contribution in [3.05, 3.63) is 95.6 Å². The number of rotatable bonds is 10. The van der Waals surface area contributed by atoms with Gasteiger partial charge in [-0.15, -0.1) is 0 Å². The van der Waals surface area contributed by atoms with E-state index in [2.05, 4.69) is 35.2 Å². The van der Waals surface area contributed by atoms with Crippen LogP contribution in [0.3, 0.4) is 0 Å². The fourth-order valence-electron chi connectivity index (χ4n) is 5.40. The van der Waals surface area contributed by atoms with Gasteiger partial charge in [-0.1, -0.05) is 67.6 Å². The SMILES string of the molecule is CCc1ccc2c(c1)[C@@H](NC[C@@H](O)[C@H](Cc1ccccc1)NS(=O)(=O)c1ccccc1)CC1(CCC1)O2. The monoisotopic (exact) mass is 520 g/mol. The van der Waals surface area contributed by atoms with Gasteiger partial charge in [0.2, 0.25) is 10.0 Å². The van der Waals surface area contributed by atoms with Gasteiger partial charge in [0.15, 0.2) is 0 Å². The van der Waals surface area contributed by atoms with E-state index in [0.717, 1.165) is 49.0 Å². The highest BCUT2D eigenvalue weighted by Gasteiger charge is 2.45. The molecule has 0 unspecified atom stereocenters. The average Bonchev–Trinajstić information content (AvgIpc) is 2.90. The van der Waals surface area contributed by atoms with Gasteiger partial charge in [-0.3, -0.25) is 0 Å². The van der Waals surface area contributed by atoms with Gasteiger partial charge < -0.3 is 15.2 Å². The summed E-state index contributed by atoms with van der Waals surface area (Å²) in [6, 6.07) is 23.7. The second-order valence-corrected chi connectivity index (χ2v) is 12.0. The topological polar surface area (TPSA) is 87.7 Å². The third kappa shape index (κ3) is 5.91. The molecule has 3 aromatic carbocycles. The van der Waals surface area contributed by atoms with Gasteiger partial charge in [-0.05, 0) is 61.4 Å². The van der Waals surface area contributed by atoms with Crippen LogP contribution in [0.5, 0.6) is 5.75 Å².